The number of hydrogen-bond donors (Lipinski definition) is 1. The van der Waals surface area contributed by atoms with Gasteiger partial charge in [-0.05, 0) is 17.3 Å². The molecular weight excluding hydrogens is 461 g/mol. The molecule has 0 spiro atoms. The topological polar surface area (TPSA) is 108 Å². The van der Waals surface area contributed by atoms with Crippen molar-refractivity contribution in [1.82, 2.24) is 39.8 Å². The van der Waals surface area contributed by atoms with Crippen molar-refractivity contribution in [3.8, 4) is 11.4 Å². The van der Waals surface area contributed by atoms with Crippen LogP contribution in [0, 0.1) is 5.82 Å². The van der Waals surface area contributed by atoms with Crippen molar-refractivity contribution in [2.24, 2.45) is 0 Å². The van der Waals surface area contributed by atoms with Crippen LogP contribution < -0.4 is 5.32 Å². The average molecular weight is 478 g/mol. The van der Waals surface area contributed by atoms with Crippen LogP contribution in [-0.4, -0.2) is 45.7 Å². The normalized spacial score (nSPS) is 11.0. The van der Waals surface area contributed by atoms with Crippen molar-refractivity contribution in [3.05, 3.63) is 95.2 Å². The van der Waals surface area contributed by atoms with Gasteiger partial charge in [0.05, 0.1) is 6.54 Å². The number of hydrogen-bond acceptors (Lipinski definition) is 6. The van der Waals surface area contributed by atoms with Gasteiger partial charge in [0, 0.05) is 23.5 Å². The van der Waals surface area contributed by atoms with E-state index in [4.69, 9.17) is 11.6 Å². The number of nitrogens with one attached hydrogen (secondary N) is 1. The second kappa shape index (κ2) is 9.24. The molecule has 0 unspecified atom stereocenters. The zero-order valence-corrected chi connectivity index (χ0v) is 18.3. The predicted octanol–water partition coefficient (Wildman–Crippen LogP) is 3.33. The van der Waals surface area contributed by atoms with Crippen molar-refractivity contribution in [2.45, 2.75) is 13.2 Å². The van der Waals surface area contributed by atoms with Gasteiger partial charge >= 0.3 is 0 Å². The fourth-order valence-electron chi connectivity index (χ4n) is 3.23. The van der Waals surface area contributed by atoms with Gasteiger partial charge < -0.3 is 5.32 Å². The number of rotatable bonds is 7. The lowest BCUT2D eigenvalue weighted by Crippen LogP contribution is -2.16. The summed E-state index contributed by atoms with van der Waals surface area (Å²) in [6.07, 6.45) is 3.14. The second-order valence-electron chi connectivity index (χ2n) is 7.30. The lowest BCUT2D eigenvalue weighted by Gasteiger charge is -2.03. The Morgan fingerprint density at radius 2 is 1.76 bits per heavy atom. The number of tetrazole rings is 1. The Hall–Kier alpha value is -4.38. The summed E-state index contributed by atoms with van der Waals surface area (Å²) in [7, 11) is 0. The van der Waals surface area contributed by atoms with Gasteiger partial charge in [-0.25, -0.2) is 9.07 Å². The lowest BCUT2D eigenvalue weighted by molar-refractivity contribution is 0.102. The standard InChI is InChI=1S/C22H17ClFN9O/c23-17-13-32(12-16-8-4-5-9-18(16)24)28-21(17)25-22(34)19-10-11-31(27-19)14-33-29-20(26-30-33)15-6-2-1-3-7-15/h1-11,13H,12,14H2,(H,25,28,34). The maximum Gasteiger partial charge on any atom is 0.277 e. The van der Waals surface area contributed by atoms with E-state index < -0.39 is 5.91 Å². The van der Waals surface area contributed by atoms with E-state index >= 15 is 0 Å². The van der Waals surface area contributed by atoms with Crippen LogP contribution in [0.15, 0.2) is 73.1 Å². The minimum atomic E-state index is -0.492. The van der Waals surface area contributed by atoms with Crippen LogP contribution in [-0.2, 0) is 13.2 Å². The molecule has 0 bridgehead atoms. The van der Waals surface area contributed by atoms with Gasteiger partial charge in [-0.15, -0.1) is 15.0 Å². The summed E-state index contributed by atoms with van der Waals surface area (Å²) in [4.78, 5) is 14.0. The van der Waals surface area contributed by atoms with Crippen LogP contribution in [0.2, 0.25) is 5.02 Å². The lowest BCUT2D eigenvalue weighted by atomic mass is 10.2. The molecule has 0 saturated carbocycles. The van der Waals surface area contributed by atoms with E-state index in [1.165, 1.54) is 26.4 Å². The fraction of sp³-hybridized carbons (Fsp3) is 0.0909. The van der Waals surface area contributed by atoms with Crippen LogP contribution in [0.25, 0.3) is 11.4 Å². The van der Waals surface area contributed by atoms with E-state index in [1.807, 2.05) is 30.3 Å². The Labute approximate surface area is 197 Å². The van der Waals surface area contributed by atoms with E-state index in [9.17, 15) is 9.18 Å². The summed E-state index contributed by atoms with van der Waals surface area (Å²) in [5, 5.41) is 23.7. The van der Waals surface area contributed by atoms with E-state index in [1.54, 1.807) is 30.5 Å². The van der Waals surface area contributed by atoms with Gasteiger partial charge in [0.25, 0.3) is 5.91 Å². The number of anilines is 1. The molecule has 0 aliphatic carbocycles. The molecular formula is C22H17ClFN9O. The molecule has 5 aromatic rings. The number of nitrogens with zero attached hydrogens (tertiary/aromatic N) is 8. The number of halogens is 2. The highest BCUT2D eigenvalue weighted by Gasteiger charge is 2.16. The van der Waals surface area contributed by atoms with Crippen LogP contribution in [0.1, 0.15) is 16.1 Å². The largest absolute Gasteiger partial charge is 0.302 e. The van der Waals surface area contributed by atoms with Crippen molar-refractivity contribution >= 4 is 23.3 Å². The van der Waals surface area contributed by atoms with Crippen molar-refractivity contribution in [3.63, 3.8) is 0 Å². The number of carbonyl (C=O) groups excluding carboxylic acids is 1. The van der Waals surface area contributed by atoms with Crippen LogP contribution >= 0.6 is 11.6 Å². The van der Waals surface area contributed by atoms with E-state index in [0.29, 0.717) is 11.4 Å². The molecule has 10 nitrogen and oxygen atoms in total. The zero-order chi connectivity index (χ0) is 23.5. The highest BCUT2D eigenvalue weighted by atomic mass is 35.5. The molecule has 3 heterocycles. The third-order valence-electron chi connectivity index (χ3n) is 4.87. The zero-order valence-electron chi connectivity index (χ0n) is 17.6. The van der Waals surface area contributed by atoms with Gasteiger partial charge in [0.15, 0.2) is 18.2 Å². The molecule has 3 aromatic heterocycles. The molecule has 0 fully saturated rings. The van der Waals surface area contributed by atoms with Gasteiger partial charge in [0.2, 0.25) is 5.82 Å². The van der Waals surface area contributed by atoms with Crippen LogP contribution in [0.4, 0.5) is 10.2 Å². The predicted molar refractivity (Wildman–Crippen MR) is 122 cm³/mol. The SMILES string of the molecule is O=C(Nc1nn(Cc2ccccc2F)cc1Cl)c1ccn(Cn2nnc(-c3ccccc3)n2)n1. The van der Waals surface area contributed by atoms with Crippen molar-refractivity contribution in [1.29, 1.82) is 0 Å². The molecule has 0 aliphatic rings. The fourth-order valence-corrected chi connectivity index (χ4v) is 3.43. The molecule has 1 amide bonds. The number of amides is 1. The van der Waals surface area contributed by atoms with Crippen LogP contribution in [0.3, 0.4) is 0 Å². The maximum absolute atomic E-state index is 13.9. The number of aromatic nitrogens is 8. The highest BCUT2D eigenvalue weighted by Crippen LogP contribution is 2.21. The Morgan fingerprint density at radius 1 is 0.971 bits per heavy atom. The maximum atomic E-state index is 13.9. The van der Waals surface area contributed by atoms with Crippen molar-refractivity contribution in [2.75, 3.05) is 5.32 Å². The molecule has 0 saturated heterocycles. The van der Waals surface area contributed by atoms with E-state index in [0.717, 1.165) is 5.56 Å². The minimum absolute atomic E-state index is 0.156. The monoisotopic (exact) mass is 477 g/mol. The molecule has 0 aliphatic heterocycles. The molecule has 34 heavy (non-hydrogen) atoms. The number of benzene rings is 2. The third-order valence-corrected chi connectivity index (χ3v) is 5.15. The van der Waals surface area contributed by atoms with Gasteiger partial charge in [-0.2, -0.15) is 10.2 Å². The van der Waals surface area contributed by atoms with E-state index in [2.05, 4.69) is 30.9 Å². The van der Waals surface area contributed by atoms with E-state index in [-0.39, 0.29) is 35.6 Å². The molecule has 2 aromatic carbocycles. The number of carbonyl (C=O) groups is 1. The molecule has 12 heteroatoms. The summed E-state index contributed by atoms with van der Waals surface area (Å²) in [6.45, 7) is 0.345. The highest BCUT2D eigenvalue weighted by molar-refractivity contribution is 6.33. The Balaban J connectivity index is 1.24. The van der Waals surface area contributed by atoms with Crippen molar-refractivity contribution < 1.29 is 9.18 Å². The molecule has 1 N–H and O–H groups in total. The molecule has 5 rings (SSSR count). The van der Waals surface area contributed by atoms with Crippen LogP contribution in [0.5, 0.6) is 0 Å². The van der Waals surface area contributed by atoms with Gasteiger partial charge in [-0.1, -0.05) is 60.1 Å². The Bertz CT molecular complexity index is 1440. The quantitative estimate of drug-likeness (QED) is 0.385. The summed E-state index contributed by atoms with van der Waals surface area (Å²) >= 11 is 6.20. The first kappa shape index (κ1) is 21.5. The smallest absolute Gasteiger partial charge is 0.277 e. The summed E-state index contributed by atoms with van der Waals surface area (Å²) in [5.41, 5.74) is 1.46. The second-order valence-corrected chi connectivity index (χ2v) is 7.71. The first-order chi connectivity index (χ1) is 16.5. The Morgan fingerprint density at radius 3 is 2.59 bits per heavy atom. The third kappa shape index (κ3) is 4.69. The first-order valence-electron chi connectivity index (χ1n) is 10.2. The summed E-state index contributed by atoms with van der Waals surface area (Å²) in [6, 6.07) is 17.4. The molecule has 0 atom stereocenters. The minimum Gasteiger partial charge on any atom is -0.302 e. The molecule has 0 radical (unpaired) electrons. The average Bonchev–Trinajstić information content (AvgIpc) is 3.58. The first-order valence-corrected chi connectivity index (χ1v) is 10.6. The van der Waals surface area contributed by atoms with Gasteiger partial charge in [0.1, 0.15) is 10.8 Å². The summed E-state index contributed by atoms with van der Waals surface area (Å²) in [5.74, 6) is -0.189. The van der Waals surface area contributed by atoms with Gasteiger partial charge in [-0.3, -0.25) is 9.48 Å². The molecule has 170 valence electrons. The Kier molecular flexibility index (Phi) is 5.83. The summed E-state index contributed by atoms with van der Waals surface area (Å²) < 4.78 is 16.8.